The van der Waals surface area contributed by atoms with E-state index in [1.807, 2.05) is 12.1 Å². The lowest BCUT2D eigenvalue weighted by Gasteiger charge is -2.36. The van der Waals surface area contributed by atoms with Gasteiger partial charge in [-0.15, -0.1) is 0 Å². The molecule has 2 aromatic rings. The van der Waals surface area contributed by atoms with Crippen LogP contribution >= 0.6 is 0 Å². The zero-order chi connectivity index (χ0) is 22.1. The van der Waals surface area contributed by atoms with Crippen molar-refractivity contribution in [3.63, 3.8) is 0 Å². The molecular formula is C24H34N4O3. The Balaban J connectivity index is 1.65. The van der Waals surface area contributed by atoms with Crippen LogP contribution in [0.15, 0.2) is 47.5 Å². The highest BCUT2D eigenvalue weighted by molar-refractivity contribution is 5.80. The van der Waals surface area contributed by atoms with Gasteiger partial charge >= 0.3 is 0 Å². The third-order valence-corrected chi connectivity index (χ3v) is 5.39. The smallest absolute Gasteiger partial charge is 0.203 e. The van der Waals surface area contributed by atoms with E-state index in [1.54, 1.807) is 21.3 Å². The Bertz CT molecular complexity index is 824. The SMILES string of the molecule is CCNC(=NCc1cc(OC)c(OC)c(OC)c1)N1CCN(Cc2ccccc2)CC1. The van der Waals surface area contributed by atoms with Crippen LogP contribution in [0, 0.1) is 0 Å². The van der Waals surface area contributed by atoms with Crippen molar-refractivity contribution in [1.29, 1.82) is 0 Å². The standard InChI is InChI=1S/C24H34N4O3/c1-5-25-24(26-17-20-15-21(29-2)23(31-4)22(16-20)30-3)28-13-11-27(12-14-28)18-19-9-7-6-8-10-19/h6-10,15-16H,5,11-14,17-18H2,1-4H3,(H,25,26). The molecule has 0 atom stereocenters. The monoisotopic (exact) mass is 426 g/mol. The topological polar surface area (TPSA) is 58.6 Å². The maximum Gasteiger partial charge on any atom is 0.203 e. The molecule has 0 aliphatic carbocycles. The second-order valence-electron chi connectivity index (χ2n) is 7.45. The zero-order valence-corrected chi connectivity index (χ0v) is 19.1. The summed E-state index contributed by atoms with van der Waals surface area (Å²) in [4.78, 5) is 9.71. The maximum atomic E-state index is 5.47. The lowest BCUT2D eigenvalue weighted by atomic mass is 10.2. The van der Waals surface area contributed by atoms with Crippen molar-refractivity contribution < 1.29 is 14.2 Å². The van der Waals surface area contributed by atoms with Crippen LogP contribution in [-0.4, -0.2) is 69.8 Å². The van der Waals surface area contributed by atoms with E-state index in [0.29, 0.717) is 23.8 Å². The largest absolute Gasteiger partial charge is 0.493 e. The molecule has 1 saturated heterocycles. The van der Waals surface area contributed by atoms with Gasteiger partial charge in [-0.25, -0.2) is 4.99 Å². The minimum absolute atomic E-state index is 0.531. The molecule has 7 nitrogen and oxygen atoms in total. The van der Waals surface area contributed by atoms with Crippen LogP contribution in [0.25, 0.3) is 0 Å². The van der Waals surface area contributed by atoms with Gasteiger partial charge in [0.25, 0.3) is 0 Å². The van der Waals surface area contributed by atoms with Gasteiger partial charge in [0, 0.05) is 39.3 Å². The van der Waals surface area contributed by atoms with Crippen LogP contribution in [0.5, 0.6) is 17.2 Å². The lowest BCUT2D eigenvalue weighted by Crippen LogP contribution is -2.52. The Labute approximate surface area is 185 Å². The molecule has 1 heterocycles. The fourth-order valence-electron chi connectivity index (χ4n) is 3.78. The minimum Gasteiger partial charge on any atom is -0.493 e. The number of nitrogens with zero attached hydrogens (tertiary/aromatic N) is 3. The maximum absolute atomic E-state index is 5.47. The second kappa shape index (κ2) is 11.5. The van der Waals surface area contributed by atoms with E-state index < -0.39 is 0 Å². The fraction of sp³-hybridized carbons (Fsp3) is 0.458. The van der Waals surface area contributed by atoms with E-state index in [0.717, 1.165) is 50.8 Å². The van der Waals surface area contributed by atoms with Crippen molar-refractivity contribution in [2.45, 2.75) is 20.0 Å². The summed E-state index contributed by atoms with van der Waals surface area (Å²) in [5.74, 6) is 2.83. The molecule has 1 aliphatic rings. The van der Waals surface area contributed by atoms with Crippen LogP contribution in [0.3, 0.4) is 0 Å². The molecule has 2 aromatic carbocycles. The molecule has 0 amide bonds. The first kappa shape index (κ1) is 22.7. The summed E-state index contributed by atoms with van der Waals surface area (Å²) >= 11 is 0. The van der Waals surface area contributed by atoms with Crippen molar-refractivity contribution in [3.8, 4) is 17.2 Å². The predicted molar refractivity (Wildman–Crippen MR) is 124 cm³/mol. The van der Waals surface area contributed by atoms with E-state index in [9.17, 15) is 0 Å². The fourth-order valence-corrected chi connectivity index (χ4v) is 3.78. The summed E-state index contributed by atoms with van der Waals surface area (Å²) in [6.45, 7) is 8.39. The second-order valence-corrected chi connectivity index (χ2v) is 7.45. The molecule has 0 bridgehead atoms. The highest BCUT2D eigenvalue weighted by Gasteiger charge is 2.20. The summed E-state index contributed by atoms with van der Waals surface area (Å²) in [7, 11) is 4.87. The van der Waals surface area contributed by atoms with E-state index in [2.05, 4.69) is 52.4 Å². The van der Waals surface area contributed by atoms with Gasteiger partial charge in [-0.2, -0.15) is 0 Å². The number of benzene rings is 2. The number of methoxy groups -OCH3 is 3. The van der Waals surface area contributed by atoms with Crippen molar-refractivity contribution in [3.05, 3.63) is 53.6 Å². The van der Waals surface area contributed by atoms with E-state index >= 15 is 0 Å². The number of aliphatic imine (C=N–C) groups is 1. The van der Waals surface area contributed by atoms with Gasteiger partial charge in [0.05, 0.1) is 27.9 Å². The quantitative estimate of drug-likeness (QED) is 0.517. The molecule has 0 aromatic heterocycles. The van der Waals surface area contributed by atoms with Gasteiger partial charge in [-0.1, -0.05) is 30.3 Å². The first-order valence-electron chi connectivity index (χ1n) is 10.8. The van der Waals surface area contributed by atoms with Crippen LogP contribution < -0.4 is 19.5 Å². The predicted octanol–water partition coefficient (Wildman–Crippen LogP) is 3.00. The molecule has 1 aliphatic heterocycles. The minimum atomic E-state index is 0.531. The van der Waals surface area contributed by atoms with Gasteiger partial charge in [0.1, 0.15) is 0 Å². The van der Waals surface area contributed by atoms with E-state index in [1.165, 1.54) is 5.56 Å². The third kappa shape index (κ3) is 6.04. The van der Waals surface area contributed by atoms with Crippen molar-refractivity contribution in [2.24, 2.45) is 4.99 Å². The molecule has 0 unspecified atom stereocenters. The molecule has 1 fully saturated rings. The van der Waals surface area contributed by atoms with Gasteiger partial charge in [0.2, 0.25) is 5.75 Å². The number of ether oxygens (including phenoxy) is 3. The molecule has 0 saturated carbocycles. The molecule has 168 valence electrons. The van der Waals surface area contributed by atoms with Crippen molar-refractivity contribution in [1.82, 2.24) is 15.1 Å². The number of rotatable bonds is 8. The average molecular weight is 427 g/mol. The van der Waals surface area contributed by atoms with Crippen LogP contribution in [0.1, 0.15) is 18.1 Å². The van der Waals surface area contributed by atoms with Gasteiger partial charge < -0.3 is 24.4 Å². The van der Waals surface area contributed by atoms with Crippen molar-refractivity contribution >= 4 is 5.96 Å². The third-order valence-electron chi connectivity index (χ3n) is 5.39. The number of guanidine groups is 1. The Kier molecular flexibility index (Phi) is 8.41. The van der Waals surface area contributed by atoms with Crippen LogP contribution in [-0.2, 0) is 13.1 Å². The number of hydrogen-bond donors (Lipinski definition) is 1. The Morgan fingerprint density at radius 2 is 1.55 bits per heavy atom. The molecule has 0 radical (unpaired) electrons. The first-order valence-corrected chi connectivity index (χ1v) is 10.8. The lowest BCUT2D eigenvalue weighted by molar-refractivity contribution is 0.172. The number of hydrogen-bond acceptors (Lipinski definition) is 5. The summed E-state index contributed by atoms with van der Waals surface area (Å²) in [5.41, 5.74) is 2.37. The van der Waals surface area contributed by atoms with Gasteiger partial charge in [-0.05, 0) is 30.2 Å². The number of nitrogens with one attached hydrogen (secondary N) is 1. The Hall–Kier alpha value is -2.93. The molecular weight excluding hydrogens is 392 g/mol. The Morgan fingerprint density at radius 3 is 2.10 bits per heavy atom. The molecule has 1 N–H and O–H groups in total. The first-order chi connectivity index (χ1) is 15.2. The summed E-state index contributed by atoms with van der Waals surface area (Å²) in [5, 5.41) is 3.44. The normalized spacial score (nSPS) is 15.0. The summed E-state index contributed by atoms with van der Waals surface area (Å²) in [6, 6.07) is 14.5. The van der Waals surface area contributed by atoms with Gasteiger partial charge in [0.15, 0.2) is 17.5 Å². The average Bonchev–Trinajstić information content (AvgIpc) is 2.82. The molecule has 3 rings (SSSR count). The van der Waals surface area contributed by atoms with Crippen molar-refractivity contribution in [2.75, 3.05) is 54.1 Å². The highest BCUT2D eigenvalue weighted by atomic mass is 16.5. The van der Waals surface area contributed by atoms with Gasteiger partial charge in [-0.3, -0.25) is 4.90 Å². The number of piperazine rings is 1. The van der Waals surface area contributed by atoms with E-state index in [-0.39, 0.29) is 0 Å². The summed E-state index contributed by atoms with van der Waals surface area (Å²) < 4.78 is 16.3. The zero-order valence-electron chi connectivity index (χ0n) is 19.1. The molecule has 0 spiro atoms. The summed E-state index contributed by atoms with van der Waals surface area (Å²) in [6.07, 6.45) is 0. The van der Waals surface area contributed by atoms with Crippen LogP contribution in [0.4, 0.5) is 0 Å². The Morgan fingerprint density at radius 1 is 0.903 bits per heavy atom. The molecule has 7 heteroatoms. The van der Waals surface area contributed by atoms with Crippen LogP contribution in [0.2, 0.25) is 0 Å². The highest BCUT2D eigenvalue weighted by Crippen LogP contribution is 2.38. The molecule has 31 heavy (non-hydrogen) atoms. The van der Waals surface area contributed by atoms with E-state index in [4.69, 9.17) is 19.2 Å².